The molecule has 0 radical (unpaired) electrons. The maximum absolute atomic E-state index is 13.4. The fraction of sp³-hybridized carbons (Fsp3) is 0.583. The minimum Gasteiger partial charge on any atom is -0.433 e. The summed E-state index contributed by atoms with van der Waals surface area (Å²) >= 11 is 6.13. The minimum absolute atomic E-state index is 0.00625. The molecule has 2 aliphatic heterocycles. The number of carbonyl (C=O) groups excluding carboxylic acids is 4. The van der Waals surface area contributed by atoms with Gasteiger partial charge in [-0.05, 0) is 44.7 Å². The summed E-state index contributed by atoms with van der Waals surface area (Å²) in [5, 5.41) is 5.90. The Morgan fingerprint density at radius 2 is 1.88 bits per heavy atom. The molecule has 2 saturated heterocycles. The van der Waals surface area contributed by atoms with Crippen molar-refractivity contribution in [3.63, 3.8) is 0 Å². The van der Waals surface area contributed by atoms with Gasteiger partial charge in [-0.3, -0.25) is 19.2 Å². The average Bonchev–Trinajstić information content (AvgIpc) is 3.38. The summed E-state index contributed by atoms with van der Waals surface area (Å²) in [5.41, 5.74) is 0.278. The van der Waals surface area contributed by atoms with E-state index in [1.165, 1.54) is 4.90 Å². The summed E-state index contributed by atoms with van der Waals surface area (Å²) in [4.78, 5) is 52.6. The van der Waals surface area contributed by atoms with E-state index in [0.29, 0.717) is 24.4 Å². The fourth-order valence-corrected chi connectivity index (χ4v) is 4.41. The van der Waals surface area contributed by atoms with E-state index in [4.69, 9.17) is 21.1 Å². The molecule has 1 aromatic rings. The van der Waals surface area contributed by atoms with Gasteiger partial charge in [0.15, 0.2) is 0 Å². The van der Waals surface area contributed by atoms with E-state index in [-0.39, 0.29) is 35.8 Å². The number of cyclic esters (lactones) is 1. The van der Waals surface area contributed by atoms with Gasteiger partial charge in [0.05, 0.1) is 23.1 Å². The molecule has 0 aromatic heterocycles. The van der Waals surface area contributed by atoms with Gasteiger partial charge in [-0.2, -0.15) is 0 Å². The van der Waals surface area contributed by atoms with Gasteiger partial charge in [-0.1, -0.05) is 37.6 Å². The maximum Gasteiger partial charge on any atom is 0.310 e. The van der Waals surface area contributed by atoms with Crippen LogP contribution in [0.3, 0.4) is 0 Å². The minimum atomic E-state index is -0.861. The third-order valence-electron chi connectivity index (χ3n) is 5.87. The smallest absolute Gasteiger partial charge is 0.310 e. The Kier molecular flexibility index (Phi) is 8.54. The zero-order valence-corrected chi connectivity index (χ0v) is 20.6. The largest absolute Gasteiger partial charge is 0.433 e. The Labute approximate surface area is 204 Å². The zero-order valence-electron chi connectivity index (χ0n) is 19.9. The molecule has 9 nitrogen and oxygen atoms in total. The molecule has 0 spiro atoms. The van der Waals surface area contributed by atoms with E-state index in [1.807, 2.05) is 27.7 Å². The standard InChI is InChI=1S/C24H32ClN3O6/c1-13(2)20(27-21(30)15-8-5-6-9-16(15)25)23(32)28-11-7-10-18(28)22(31)26-17-12-19(29)34-24(17)33-14(3)4/h5-6,8-9,13-14,17-18,20,24H,7,10-12H2,1-4H3,(H,26,31)(H,27,30)/t17-,18+,20+,24+/m1/s1. The lowest BCUT2D eigenvalue weighted by molar-refractivity contribution is -0.173. The van der Waals surface area contributed by atoms with E-state index in [2.05, 4.69) is 10.6 Å². The third-order valence-corrected chi connectivity index (χ3v) is 6.20. The van der Waals surface area contributed by atoms with Crippen LogP contribution in [0.5, 0.6) is 0 Å². The number of amides is 3. The molecular weight excluding hydrogens is 462 g/mol. The van der Waals surface area contributed by atoms with Crippen LogP contribution < -0.4 is 10.6 Å². The fourth-order valence-electron chi connectivity index (χ4n) is 4.18. The van der Waals surface area contributed by atoms with Crippen molar-refractivity contribution >= 4 is 35.3 Å². The van der Waals surface area contributed by atoms with Crippen molar-refractivity contribution in [2.75, 3.05) is 6.54 Å². The highest BCUT2D eigenvalue weighted by atomic mass is 35.5. The Bertz CT molecular complexity index is 937. The topological polar surface area (TPSA) is 114 Å². The summed E-state index contributed by atoms with van der Waals surface area (Å²) in [6.07, 6.45) is 0.0949. The second kappa shape index (κ2) is 11.2. The normalized spacial score (nSPS) is 23.2. The number of carbonyl (C=O) groups is 4. The molecular formula is C24H32ClN3O6. The predicted octanol–water partition coefficient (Wildman–Crippen LogP) is 2.27. The molecule has 2 fully saturated rings. The van der Waals surface area contributed by atoms with Gasteiger partial charge in [0, 0.05) is 6.54 Å². The predicted molar refractivity (Wildman–Crippen MR) is 125 cm³/mol. The number of rotatable bonds is 8. The van der Waals surface area contributed by atoms with Crippen LogP contribution in [0.4, 0.5) is 0 Å². The number of nitrogens with zero attached hydrogens (tertiary/aromatic N) is 1. The SMILES string of the molecule is CC(C)O[C@H]1OC(=O)C[C@H]1NC(=O)[C@@H]1CCCN1C(=O)[C@@H](NC(=O)c1ccccc1Cl)C(C)C. The first-order chi connectivity index (χ1) is 16.1. The molecule has 2 N–H and O–H groups in total. The zero-order chi connectivity index (χ0) is 25.0. The van der Waals surface area contributed by atoms with Crippen molar-refractivity contribution in [1.29, 1.82) is 0 Å². The quantitative estimate of drug-likeness (QED) is 0.537. The summed E-state index contributed by atoms with van der Waals surface area (Å²) in [6, 6.07) is 4.45. The Morgan fingerprint density at radius 3 is 2.53 bits per heavy atom. The molecule has 186 valence electrons. The van der Waals surface area contributed by atoms with Crippen molar-refractivity contribution in [3.05, 3.63) is 34.9 Å². The maximum atomic E-state index is 13.4. The Morgan fingerprint density at radius 1 is 1.18 bits per heavy atom. The van der Waals surface area contributed by atoms with Crippen LogP contribution in [-0.2, 0) is 23.9 Å². The molecule has 3 amide bonds. The van der Waals surface area contributed by atoms with Crippen molar-refractivity contribution in [3.8, 4) is 0 Å². The molecule has 0 aliphatic carbocycles. The molecule has 3 rings (SSSR count). The molecule has 2 heterocycles. The van der Waals surface area contributed by atoms with Crippen LogP contribution in [0.25, 0.3) is 0 Å². The van der Waals surface area contributed by atoms with E-state index in [0.717, 1.165) is 0 Å². The highest BCUT2D eigenvalue weighted by Crippen LogP contribution is 2.23. The van der Waals surface area contributed by atoms with Crippen LogP contribution in [0.1, 0.15) is 57.3 Å². The number of ether oxygens (including phenoxy) is 2. The number of esters is 1. The summed E-state index contributed by atoms with van der Waals surface area (Å²) in [5.74, 6) is -1.81. The van der Waals surface area contributed by atoms with Crippen molar-refractivity contribution < 1.29 is 28.7 Å². The summed E-state index contributed by atoms with van der Waals surface area (Å²) in [7, 11) is 0. The monoisotopic (exact) mass is 493 g/mol. The van der Waals surface area contributed by atoms with E-state index in [1.54, 1.807) is 24.3 Å². The van der Waals surface area contributed by atoms with Gasteiger partial charge in [0.25, 0.3) is 5.91 Å². The molecule has 1 aromatic carbocycles. The Balaban J connectivity index is 1.70. The summed E-state index contributed by atoms with van der Waals surface area (Å²) in [6.45, 7) is 7.68. The van der Waals surface area contributed by atoms with Gasteiger partial charge in [-0.25, -0.2) is 0 Å². The molecule has 0 unspecified atom stereocenters. The lowest BCUT2D eigenvalue weighted by Crippen LogP contribution is -2.56. The molecule has 0 saturated carbocycles. The number of halogens is 1. The van der Waals surface area contributed by atoms with E-state index in [9.17, 15) is 19.2 Å². The highest BCUT2D eigenvalue weighted by molar-refractivity contribution is 6.33. The van der Waals surface area contributed by atoms with Gasteiger partial charge in [0.2, 0.25) is 18.1 Å². The first kappa shape index (κ1) is 26.0. The van der Waals surface area contributed by atoms with Crippen LogP contribution in [0, 0.1) is 5.92 Å². The van der Waals surface area contributed by atoms with Crippen molar-refractivity contribution in [2.45, 2.75) is 77.5 Å². The lowest BCUT2D eigenvalue weighted by Gasteiger charge is -2.31. The number of hydrogen-bond acceptors (Lipinski definition) is 6. The number of likely N-dealkylation sites (tertiary alicyclic amines) is 1. The van der Waals surface area contributed by atoms with Crippen LogP contribution >= 0.6 is 11.6 Å². The first-order valence-corrected chi connectivity index (χ1v) is 12.0. The van der Waals surface area contributed by atoms with E-state index < -0.39 is 36.3 Å². The van der Waals surface area contributed by atoms with Crippen LogP contribution in [-0.4, -0.2) is 65.7 Å². The molecule has 2 aliphatic rings. The second-order valence-electron chi connectivity index (χ2n) is 9.23. The molecule has 0 bridgehead atoms. The Hall–Kier alpha value is -2.65. The molecule has 4 atom stereocenters. The van der Waals surface area contributed by atoms with Gasteiger partial charge < -0.3 is 25.0 Å². The third kappa shape index (κ3) is 6.07. The van der Waals surface area contributed by atoms with Gasteiger partial charge in [-0.15, -0.1) is 0 Å². The van der Waals surface area contributed by atoms with Crippen molar-refractivity contribution in [2.24, 2.45) is 5.92 Å². The van der Waals surface area contributed by atoms with E-state index >= 15 is 0 Å². The van der Waals surface area contributed by atoms with Gasteiger partial charge in [0.1, 0.15) is 18.1 Å². The first-order valence-electron chi connectivity index (χ1n) is 11.6. The van der Waals surface area contributed by atoms with Crippen molar-refractivity contribution in [1.82, 2.24) is 15.5 Å². The molecule has 10 heteroatoms. The average molecular weight is 494 g/mol. The second-order valence-corrected chi connectivity index (χ2v) is 9.63. The summed E-state index contributed by atoms with van der Waals surface area (Å²) < 4.78 is 10.8. The highest BCUT2D eigenvalue weighted by Gasteiger charge is 2.42. The number of hydrogen-bond donors (Lipinski definition) is 2. The lowest BCUT2D eigenvalue weighted by atomic mass is 10.0. The van der Waals surface area contributed by atoms with Gasteiger partial charge >= 0.3 is 5.97 Å². The molecule has 34 heavy (non-hydrogen) atoms. The number of benzene rings is 1. The number of nitrogens with one attached hydrogen (secondary N) is 2. The van der Waals surface area contributed by atoms with Crippen LogP contribution in [0.15, 0.2) is 24.3 Å². The van der Waals surface area contributed by atoms with Crippen LogP contribution in [0.2, 0.25) is 5.02 Å².